The molecule has 0 aromatic carbocycles. The fraction of sp³-hybridized carbons (Fsp3) is 1.00. The third kappa shape index (κ3) is 2.17. The van der Waals surface area contributed by atoms with Gasteiger partial charge in [0.15, 0.2) is 0 Å². The smallest absolute Gasteiger partial charge is 0.0221 e. The molecular formula is C10H19NS. The normalized spacial score (nSPS) is 33.5. The lowest BCUT2D eigenvalue weighted by molar-refractivity contribution is 0.334. The zero-order valence-electron chi connectivity index (χ0n) is 7.72. The van der Waals surface area contributed by atoms with Crippen LogP contribution in [-0.4, -0.2) is 11.8 Å². The minimum atomic E-state index is 0.944. The molecule has 0 spiro atoms. The van der Waals surface area contributed by atoms with E-state index in [2.05, 4.69) is 4.72 Å². The topological polar surface area (TPSA) is 12.0 Å². The standard InChI is InChI=1S/C10H19NS/c1-2-5-9(6-3-1)10-7-4-8-11-12-10/h9-11H,1-8H2. The molecule has 1 atom stereocenters. The second kappa shape index (κ2) is 4.52. The molecule has 0 aromatic rings. The summed E-state index contributed by atoms with van der Waals surface area (Å²) in [6.45, 7) is 1.23. The zero-order chi connectivity index (χ0) is 8.23. The number of hydrogen-bond donors (Lipinski definition) is 1. The maximum Gasteiger partial charge on any atom is 0.0221 e. The van der Waals surface area contributed by atoms with Gasteiger partial charge in [0.05, 0.1) is 0 Å². The van der Waals surface area contributed by atoms with Crippen LogP contribution in [0, 0.1) is 5.92 Å². The molecule has 1 unspecified atom stereocenters. The molecule has 1 aliphatic carbocycles. The van der Waals surface area contributed by atoms with Crippen LogP contribution in [0.5, 0.6) is 0 Å². The van der Waals surface area contributed by atoms with Crippen LogP contribution in [0.2, 0.25) is 0 Å². The van der Waals surface area contributed by atoms with Crippen molar-refractivity contribution in [3.63, 3.8) is 0 Å². The second-order valence-electron chi connectivity index (χ2n) is 4.09. The van der Waals surface area contributed by atoms with Crippen LogP contribution >= 0.6 is 11.9 Å². The summed E-state index contributed by atoms with van der Waals surface area (Å²) in [5, 5.41) is 0.944. The van der Waals surface area contributed by atoms with E-state index in [9.17, 15) is 0 Å². The molecule has 12 heavy (non-hydrogen) atoms. The molecule has 1 saturated carbocycles. The average molecular weight is 185 g/mol. The first kappa shape index (κ1) is 8.89. The third-order valence-electron chi connectivity index (χ3n) is 3.18. The lowest BCUT2D eigenvalue weighted by Gasteiger charge is -2.32. The molecule has 0 radical (unpaired) electrons. The van der Waals surface area contributed by atoms with Gasteiger partial charge in [0.2, 0.25) is 0 Å². The van der Waals surface area contributed by atoms with Crippen molar-refractivity contribution in [1.29, 1.82) is 0 Å². The lowest BCUT2D eigenvalue weighted by atomic mass is 9.85. The summed E-state index contributed by atoms with van der Waals surface area (Å²) in [6, 6.07) is 0. The van der Waals surface area contributed by atoms with Crippen LogP contribution < -0.4 is 4.72 Å². The second-order valence-corrected chi connectivity index (χ2v) is 5.22. The lowest BCUT2D eigenvalue weighted by Crippen LogP contribution is -2.28. The Morgan fingerprint density at radius 3 is 2.42 bits per heavy atom. The van der Waals surface area contributed by atoms with Crippen LogP contribution in [0.15, 0.2) is 0 Å². The SMILES string of the molecule is C1CCC(C2CCCNS2)CC1. The summed E-state index contributed by atoms with van der Waals surface area (Å²) in [4.78, 5) is 0. The Morgan fingerprint density at radius 2 is 1.75 bits per heavy atom. The average Bonchev–Trinajstić information content (AvgIpc) is 2.21. The number of nitrogens with one attached hydrogen (secondary N) is 1. The summed E-state index contributed by atoms with van der Waals surface area (Å²) in [5.74, 6) is 1.04. The van der Waals surface area contributed by atoms with E-state index in [1.54, 1.807) is 0 Å². The molecule has 0 amide bonds. The van der Waals surface area contributed by atoms with Crippen molar-refractivity contribution in [2.24, 2.45) is 5.92 Å². The maximum atomic E-state index is 3.45. The first-order chi connectivity index (χ1) is 5.97. The molecule has 2 heteroatoms. The quantitative estimate of drug-likeness (QED) is 0.630. The van der Waals surface area contributed by atoms with Crippen LogP contribution in [0.25, 0.3) is 0 Å². The van der Waals surface area contributed by atoms with E-state index >= 15 is 0 Å². The third-order valence-corrected chi connectivity index (χ3v) is 4.47. The predicted molar refractivity (Wildman–Crippen MR) is 55.2 cm³/mol. The summed E-state index contributed by atoms with van der Waals surface area (Å²) in [5.41, 5.74) is 0. The van der Waals surface area contributed by atoms with Gasteiger partial charge in [-0.15, -0.1) is 0 Å². The van der Waals surface area contributed by atoms with Crippen molar-refractivity contribution in [3.8, 4) is 0 Å². The molecule has 0 aromatic heterocycles. The van der Waals surface area contributed by atoms with Gasteiger partial charge in [0, 0.05) is 11.8 Å². The van der Waals surface area contributed by atoms with Gasteiger partial charge in [-0.3, -0.25) is 4.72 Å². The first-order valence-corrected chi connectivity index (χ1v) is 6.23. The van der Waals surface area contributed by atoms with Gasteiger partial charge < -0.3 is 0 Å². The Labute approximate surface area is 79.8 Å². The first-order valence-electron chi connectivity index (χ1n) is 5.35. The van der Waals surface area contributed by atoms with E-state index in [1.807, 2.05) is 11.9 Å². The molecule has 0 bridgehead atoms. The van der Waals surface area contributed by atoms with Gasteiger partial charge in [0.25, 0.3) is 0 Å². The van der Waals surface area contributed by atoms with Crippen LogP contribution in [-0.2, 0) is 0 Å². The molecule has 2 fully saturated rings. The molecule has 1 aliphatic heterocycles. The van der Waals surface area contributed by atoms with E-state index in [0.717, 1.165) is 11.2 Å². The Hall–Kier alpha value is 0.310. The van der Waals surface area contributed by atoms with E-state index < -0.39 is 0 Å². The number of hydrogen-bond acceptors (Lipinski definition) is 2. The van der Waals surface area contributed by atoms with E-state index in [0.29, 0.717) is 0 Å². The molecule has 2 aliphatic rings. The molecule has 1 N–H and O–H groups in total. The Morgan fingerprint density at radius 1 is 0.917 bits per heavy atom. The molecule has 1 heterocycles. The Kier molecular flexibility index (Phi) is 3.35. The fourth-order valence-electron chi connectivity index (χ4n) is 2.44. The van der Waals surface area contributed by atoms with Gasteiger partial charge in [-0.1, -0.05) is 31.2 Å². The largest absolute Gasteiger partial charge is 0.264 e. The summed E-state index contributed by atoms with van der Waals surface area (Å²) in [7, 11) is 0. The van der Waals surface area contributed by atoms with Gasteiger partial charge in [0.1, 0.15) is 0 Å². The predicted octanol–water partition coefficient (Wildman–Crippen LogP) is 2.97. The van der Waals surface area contributed by atoms with Crippen molar-refractivity contribution in [2.75, 3.05) is 6.54 Å². The van der Waals surface area contributed by atoms with Crippen molar-refractivity contribution < 1.29 is 0 Å². The van der Waals surface area contributed by atoms with Crippen molar-refractivity contribution in [3.05, 3.63) is 0 Å². The highest BCUT2D eigenvalue weighted by molar-refractivity contribution is 7.98. The summed E-state index contributed by atoms with van der Waals surface area (Å²) < 4.78 is 3.45. The highest BCUT2D eigenvalue weighted by Gasteiger charge is 2.25. The van der Waals surface area contributed by atoms with Crippen LogP contribution in [0.4, 0.5) is 0 Å². The van der Waals surface area contributed by atoms with Gasteiger partial charge >= 0.3 is 0 Å². The Balaban J connectivity index is 1.80. The van der Waals surface area contributed by atoms with E-state index in [-0.39, 0.29) is 0 Å². The number of rotatable bonds is 1. The monoisotopic (exact) mass is 185 g/mol. The summed E-state index contributed by atoms with van der Waals surface area (Å²) >= 11 is 2.02. The minimum Gasteiger partial charge on any atom is -0.264 e. The highest BCUT2D eigenvalue weighted by Crippen LogP contribution is 2.35. The Bertz CT molecular complexity index is 110. The van der Waals surface area contributed by atoms with Crippen molar-refractivity contribution in [2.45, 2.75) is 50.2 Å². The van der Waals surface area contributed by atoms with Gasteiger partial charge in [-0.25, -0.2) is 0 Å². The molecule has 1 nitrogen and oxygen atoms in total. The zero-order valence-corrected chi connectivity index (χ0v) is 8.54. The molecule has 1 saturated heterocycles. The van der Waals surface area contributed by atoms with Gasteiger partial charge in [-0.2, -0.15) is 0 Å². The van der Waals surface area contributed by atoms with Crippen LogP contribution in [0.3, 0.4) is 0 Å². The van der Waals surface area contributed by atoms with Crippen molar-refractivity contribution >= 4 is 11.9 Å². The van der Waals surface area contributed by atoms with Gasteiger partial charge in [-0.05, 0) is 31.6 Å². The van der Waals surface area contributed by atoms with E-state index in [4.69, 9.17) is 0 Å². The molecular weight excluding hydrogens is 166 g/mol. The van der Waals surface area contributed by atoms with Crippen molar-refractivity contribution in [1.82, 2.24) is 4.72 Å². The molecule has 70 valence electrons. The minimum absolute atomic E-state index is 0.944. The molecule has 2 rings (SSSR count). The van der Waals surface area contributed by atoms with Crippen LogP contribution in [0.1, 0.15) is 44.9 Å². The maximum absolute atomic E-state index is 3.45. The highest BCUT2D eigenvalue weighted by atomic mass is 32.2. The fourth-order valence-corrected chi connectivity index (χ4v) is 3.66. The summed E-state index contributed by atoms with van der Waals surface area (Å²) in [6.07, 6.45) is 10.3. The van der Waals surface area contributed by atoms with E-state index in [1.165, 1.54) is 51.5 Å².